The van der Waals surface area contributed by atoms with Crippen LogP contribution in [-0.4, -0.2) is 67.0 Å². The minimum atomic E-state index is -0.965. The number of hydrogen-bond donors (Lipinski definition) is 1. The summed E-state index contributed by atoms with van der Waals surface area (Å²) in [4.78, 5) is 34.5. The number of carbonyl (C=O) groups is 2. The second kappa shape index (κ2) is 8.52. The highest BCUT2D eigenvalue weighted by Gasteiger charge is 2.42. The van der Waals surface area contributed by atoms with Crippen LogP contribution >= 0.6 is 0 Å². The van der Waals surface area contributed by atoms with E-state index in [9.17, 15) is 9.59 Å². The van der Waals surface area contributed by atoms with Gasteiger partial charge in [0.25, 0.3) is 0 Å². The second-order valence-corrected chi connectivity index (χ2v) is 6.95. The van der Waals surface area contributed by atoms with Gasteiger partial charge in [0.05, 0.1) is 6.61 Å². The van der Waals surface area contributed by atoms with Crippen LogP contribution < -0.4 is 5.32 Å². The molecule has 0 bridgehead atoms. The van der Waals surface area contributed by atoms with Gasteiger partial charge in [0.2, 0.25) is 11.9 Å². The molecule has 1 amide bonds. The lowest BCUT2D eigenvalue weighted by Gasteiger charge is -2.38. The summed E-state index contributed by atoms with van der Waals surface area (Å²) >= 11 is 0. The van der Waals surface area contributed by atoms with Gasteiger partial charge in [0, 0.05) is 26.2 Å². The monoisotopic (exact) mass is 372 g/mol. The normalized spacial score (nSPS) is 23.6. The Morgan fingerprint density at radius 3 is 2.44 bits per heavy atom. The van der Waals surface area contributed by atoms with E-state index in [2.05, 4.69) is 22.0 Å². The quantitative estimate of drug-likeness (QED) is 0.638. The molecule has 1 aromatic rings. The SMILES string of the molecule is CCOC(=O)[C@@H]1C(=O)NC(N2CCN(CC)CC2)=N[C@@H]1c1ccc(C)cc1. The summed E-state index contributed by atoms with van der Waals surface area (Å²) in [7, 11) is 0. The fourth-order valence-electron chi connectivity index (χ4n) is 3.51. The summed E-state index contributed by atoms with van der Waals surface area (Å²) in [5, 5.41) is 2.84. The third-order valence-corrected chi connectivity index (χ3v) is 5.17. The van der Waals surface area contributed by atoms with Crippen LogP contribution in [0.2, 0.25) is 0 Å². The molecule has 0 aromatic heterocycles. The summed E-state index contributed by atoms with van der Waals surface area (Å²) in [5.74, 6) is -1.28. The third-order valence-electron chi connectivity index (χ3n) is 5.17. The molecule has 1 aromatic carbocycles. The summed E-state index contributed by atoms with van der Waals surface area (Å²) in [6, 6.07) is 7.23. The molecule has 0 radical (unpaired) electrons. The van der Waals surface area contributed by atoms with Gasteiger partial charge in [-0.15, -0.1) is 0 Å². The number of likely N-dealkylation sites (N-methyl/N-ethyl adjacent to an activating group) is 1. The first kappa shape index (κ1) is 19.4. The predicted molar refractivity (Wildman–Crippen MR) is 103 cm³/mol. The van der Waals surface area contributed by atoms with E-state index < -0.39 is 17.9 Å². The van der Waals surface area contributed by atoms with Gasteiger partial charge in [0.1, 0.15) is 6.04 Å². The molecule has 7 heteroatoms. The van der Waals surface area contributed by atoms with E-state index >= 15 is 0 Å². The molecule has 2 atom stereocenters. The van der Waals surface area contributed by atoms with Crippen molar-refractivity contribution in [1.82, 2.24) is 15.1 Å². The minimum Gasteiger partial charge on any atom is -0.465 e. The van der Waals surface area contributed by atoms with Crippen molar-refractivity contribution < 1.29 is 14.3 Å². The summed E-state index contributed by atoms with van der Waals surface area (Å²) in [6.07, 6.45) is 0. The fourth-order valence-corrected chi connectivity index (χ4v) is 3.51. The van der Waals surface area contributed by atoms with Crippen LogP contribution in [0.4, 0.5) is 0 Å². The van der Waals surface area contributed by atoms with Crippen molar-refractivity contribution in [2.24, 2.45) is 10.9 Å². The Balaban J connectivity index is 1.90. The maximum Gasteiger partial charge on any atom is 0.321 e. The third kappa shape index (κ3) is 4.30. The van der Waals surface area contributed by atoms with E-state index in [-0.39, 0.29) is 12.5 Å². The smallest absolute Gasteiger partial charge is 0.321 e. The van der Waals surface area contributed by atoms with Crippen molar-refractivity contribution in [2.45, 2.75) is 26.8 Å². The second-order valence-electron chi connectivity index (χ2n) is 6.95. The summed E-state index contributed by atoms with van der Waals surface area (Å²) in [5.41, 5.74) is 1.96. The standard InChI is InChI=1S/C20H28N4O3/c1-4-23-10-12-24(13-11-23)20-21-17(15-8-6-14(3)7-9-15)16(18(25)22-20)19(26)27-5-2/h6-9,16-17H,4-5,10-13H2,1-3H3,(H,21,22,25)/t16-,17+/m0/s1. The molecule has 2 aliphatic rings. The molecule has 146 valence electrons. The number of nitrogens with one attached hydrogen (secondary N) is 1. The maximum atomic E-state index is 12.8. The number of piperazine rings is 1. The maximum absolute atomic E-state index is 12.8. The number of hydrogen-bond acceptors (Lipinski definition) is 6. The van der Waals surface area contributed by atoms with E-state index in [0.29, 0.717) is 5.96 Å². The molecule has 7 nitrogen and oxygen atoms in total. The van der Waals surface area contributed by atoms with Crippen LogP contribution in [-0.2, 0) is 14.3 Å². The molecule has 2 aliphatic heterocycles. The van der Waals surface area contributed by atoms with Gasteiger partial charge in [-0.1, -0.05) is 36.8 Å². The lowest BCUT2D eigenvalue weighted by molar-refractivity contribution is -0.153. The van der Waals surface area contributed by atoms with Crippen LogP contribution in [0.3, 0.4) is 0 Å². The Morgan fingerprint density at radius 2 is 1.85 bits per heavy atom. The van der Waals surface area contributed by atoms with Gasteiger partial charge in [-0.05, 0) is 26.0 Å². The van der Waals surface area contributed by atoms with Gasteiger partial charge >= 0.3 is 5.97 Å². The highest BCUT2D eigenvalue weighted by atomic mass is 16.5. The van der Waals surface area contributed by atoms with Crippen molar-refractivity contribution in [2.75, 3.05) is 39.3 Å². The first-order valence-electron chi connectivity index (χ1n) is 9.62. The van der Waals surface area contributed by atoms with E-state index in [4.69, 9.17) is 9.73 Å². The van der Waals surface area contributed by atoms with Crippen molar-refractivity contribution >= 4 is 17.8 Å². The number of aliphatic imine (C=N–C) groups is 1. The van der Waals surface area contributed by atoms with Gasteiger partial charge in [-0.25, -0.2) is 4.99 Å². The number of nitrogens with zero attached hydrogens (tertiary/aromatic N) is 3. The number of guanidine groups is 1. The van der Waals surface area contributed by atoms with Crippen molar-refractivity contribution in [3.05, 3.63) is 35.4 Å². The molecule has 3 rings (SSSR count). The molecule has 0 saturated carbocycles. The van der Waals surface area contributed by atoms with E-state index in [0.717, 1.165) is 43.9 Å². The Hall–Kier alpha value is -2.41. The molecular weight excluding hydrogens is 344 g/mol. The molecular formula is C20H28N4O3. The predicted octanol–water partition coefficient (Wildman–Crippen LogP) is 1.34. The van der Waals surface area contributed by atoms with Crippen molar-refractivity contribution in [3.8, 4) is 0 Å². The van der Waals surface area contributed by atoms with E-state index in [1.165, 1.54) is 0 Å². The van der Waals surface area contributed by atoms with Crippen LogP contribution in [0.25, 0.3) is 0 Å². The van der Waals surface area contributed by atoms with Crippen LogP contribution in [0.5, 0.6) is 0 Å². The molecule has 27 heavy (non-hydrogen) atoms. The van der Waals surface area contributed by atoms with E-state index in [1.54, 1.807) is 6.92 Å². The average molecular weight is 372 g/mol. The lowest BCUT2D eigenvalue weighted by Crippen LogP contribution is -2.57. The number of carbonyl (C=O) groups excluding carboxylic acids is 2. The average Bonchev–Trinajstić information content (AvgIpc) is 2.68. The molecule has 0 spiro atoms. The molecule has 1 saturated heterocycles. The first-order chi connectivity index (χ1) is 13.0. The number of aryl methyl sites for hydroxylation is 1. The highest BCUT2D eigenvalue weighted by Crippen LogP contribution is 2.31. The number of rotatable bonds is 4. The Morgan fingerprint density at radius 1 is 1.19 bits per heavy atom. The molecule has 1 N–H and O–H groups in total. The van der Waals surface area contributed by atoms with Crippen LogP contribution in [0.1, 0.15) is 31.0 Å². The highest BCUT2D eigenvalue weighted by molar-refractivity contribution is 6.08. The Bertz CT molecular complexity index is 708. The van der Waals surface area contributed by atoms with E-state index in [1.807, 2.05) is 31.2 Å². The molecule has 1 fully saturated rings. The van der Waals surface area contributed by atoms with Gasteiger partial charge in [-0.3, -0.25) is 14.9 Å². The largest absolute Gasteiger partial charge is 0.465 e. The van der Waals surface area contributed by atoms with Crippen LogP contribution in [0.15, 0.2) is 29.3 Å². The summed E-state index contributed by atoms with van der Waals surface area (Å²) in [6.45, 7) is 10.6. The number of benzene rings is 1. The lowest BCUT2D eigenvalue weighted by atomic mass is 9.91. The zero-order chi connectivity index (χ0) is 19.4. The molecule has 2 heterocycles. The minimum absolute atomic E-state index is 0.235. The topological polar surface area (TPSA) is 74.2 Å². The first-order valence-corrected chi connectivity index (χ1v) is 9.62. The summed E-state index contributed by atoms with van der Waals surface area (Å²) < 4.78 is 5.15. The molecule has 0 aliphatic carbocycles. The Kier molecular flexibility index (Phi) is 6.11. The van der Waals surface area contributed by atoms with Crippen molar-refractivity contribution in [1.29, 1.82) is 0 Å². The molecule has 0 unspecified atom stereocenters. The fraction of sp³-hybridized carbons (Fsp3) is 0.550. The zero-order valence-electron chi connectivity index (χ0n) is 16.3. The zero-order valence-corrected chi connectivity index (χ0v) is 16.3. The number of ether oxygens (including phenoxy) is 1. The van der Waals surface area contributed by atoms with Crippen molar-refractivity contribution in [3.63, 3.8) is 0 Å². The van der Waals surface area contributed by atoms with Gasteiger partial charge < -0.3 is 14.5 Å². The number of esters is 1. The van der Waals surface area contributed by atoms with Gasteiger partial charge in [-0.2, -0.15) is 0 Å². The number of amides is 1. The Labute approximate surface area is 160 Å². The van der Waals surface area contributed by atoms with Gasteiger partial charge in [0.15, 0.2) is 5.92 Å². The van der Waals surface area contributed by atoms with Crippen LogP contribution in [0, 0.1) is 12.8 Å².